The highest BCUT2D eigenvalue weighted by atomic mass is 127. The number of methoxy groups -OCH3 is 1. The Hall–Kier alpha value is -2.31. The van der Waals surface area contributed by atoms with E-state index in [2.05, 4.69) is 63.4 Å². The summed E-state index contributed by atoms with van der Waals surface area (Å²) in [5.41, 5.74) is 6.16. The van der Waals surface area contributed by atoms with E-state index in [-0.39, 0.29) is 17.4 Å². The maximum absolute atomic E-state index is 13.8. The minimum absolute atomic E-state index is 0.0840. The van der Waals surface area contributed by atoms with Gasteiger partial charge in [0, 0.05) is 5.56 Å². The molecule has 0 fully saturated rings. The lowest BCUT2D eigenvalue weighted by Gasteiger charge is -2.30. The lowest BCUT2D eigenvalue weighted by molar-refractivity contribution is 0.409. The van der Waals surface area contributed by atoms with Gasteiger partial charge in [0.1, 0.15) is 11.6 Å². The number of allylic oxidation sites excluding steroid dienone is 1. The average Bonchev–Trinajstić information content (AvgIpc) is 3.17. The molecule has 8 heteroatoms. The molecule has 4 nitrogen and oxygen atoms in total. The third-order valence-corrected chi connectivity index (χ3v) is 9.17. The molecule has 6 rings (SSSR count). The molecular formula is C28H19FI2N2O2S. The van der Waals surface area contributed by atoms with Crippen LogP contribution in [0.15, 0.2) is 76.0 Å². The zero-order valence-corrected chi connectivity index (χ0v) is 24.2. The summed E-state index contributed by atoms with van der Waals surface area (Å²) >= 11 is 5.89. The minimum Gasteiger partial charge on any atom is -0.495 e. The van der Waals surface area contributed by atoms with E-state index in [0.29, 0.717) is 9.33 Å². The van der Waals surface area contributed by atoms with Crippen molar-refractivity contribution in [3.63, 3.8) is 0 Å². The van der Waals surface area contributed by atoms with Crippen LogP contribution in [-0.4, -0.2) is 11.7 Å². The molecular weight excluding hydrogens is 701 g/mol. The second-order valence-corrected chi connectivity index (χ2v) is 12.0. The van der Waals surface area contributed by atoms with Gasteiger partial charge in [0.2, 0.25) is 0 Å². The number of hydrogen-bond donors (Lipinski definition) is 0. The van der Waals surface area contributed by atoms with Gasteiger partial charge >= 0.3 is 0 Å². The zero-order chi connectivity index (χ0) is 25.0. The fourth-order valence-corrected chi connectivity index (χ4v) is 8.23. The van der Waals surface area contributed by atoms with Crippen molar-refractivity contribution in [1.82, 2.24) is 4.57 Å². The number of hydrogen-bond acceptors (Lipinski definition) is 4. The Morgan fingerprint density at radius 1 is 1.08 bits per heavy atom. The van der Waals surface area contributed by atoms with Gasteiger partial charge in [0.05, 0.1) is 30.5 Å². The van der Waals surface area contributed by atoms with Gasteiger partial charge in [0.25, 0.3) is 5.56 Å². The number of thiazole rings is 1. The number of aryl methyl sites for hydroxylation is 1. The van der Waals surface area contributed by atoms with Crippen LogP contribution in [0, 0.1) is 13.0 Å². The van der Waals surface area contributed by atoms with Crippen molar-refractivity contribution >= 4 is 68.3 Å². The summed E-state index contributed by atoms with van der Waals surface area (Å²) in [7, 11) is 1.66. The van der Waals surface area contributed by atoms with Crippen LogP contribution in [0.3, 0.4) is 0 Å². The molecule has 0 amide bonds. The van der Waals surface area contributed by atoms with E-state index in [0.717, 1.165) is 53.7 Å². The first-order valence-electron chi connectivity index (χ1n) is 11.4. The maximum Gasteiger partial charge on any atom is 0.271 e. The van der Waals surface area contributed by atoms with Gasteiger partial charge < -0.3 is 4.74 Å². The first-order valence-corrected chi connectivity index (χ1v) is 14.3. The molecule has 3 aromatic carbocycles. The maximum atomic E-state index is 13.8. The molecule has 0 saturated carbocycles. The van der Waals surface area contributed by atoms with Crippen LogP contribution in [0.25, 0.3) is 11.8 Å². The molecule has 0 bridgehead atoms. The van der Waals surface area contributed by atoms with E-state index in [1.54, 1.807) is 23.8 Å². The third kappa shape index (κ3) is 4.06. The molecule has 0 saturated heterocycles. The lowest BCUT2D eigenvalue weighted by Crippen LogP contribution is -2.38. The van der Waals surface area contributed by atoms with Gasteiger partial charge in [-0.15, -0.1) is 0 Å². The molecule has 0 radical (unpaired) electrons. The molecule has 1 aromatic heterocycles. The standard InChI is InChI=1S/C28H19FI2N2O2S/c1-35-26-21(30)12-15(13-22(26)31)14-23-27(34)33-25(17-6-9-18(29)10-7-17)20-11-8-16-4-2-3-5-19(16)24(20)32-28(33)36-23/h2-7,9-10,12-14,25H,8,11H2,1H3/b23-14+/t25-/m1/s1. The topological polar surface area (TPSA) is 43.6 Å². The molecule has 0 unspecified atom stereocenters. The molecule has 1 atom stereocenters. The molecule has 2 aliphatic rings. The van der Waals surface area contributed by atoms with Gasteiger partial charge in [-0.3, -0.25) is 9.36 Å². The van der Waals surface area contributed by atoms with Crippen LogP contribution in [0.1, 0.15) is 34.7 Å². The molecule has 2 heterocycles. The Morgan fingerprint density at radius 2 is 1.81 bits per heavy atom. The smallest absolute Gasteiger partial charge is 0.271 e. The summed E-state index contributed by atoms with van der Waals surface area (Å²) < 4.78 is 23.7. The second kappa shape index (κ2) is 9.53. The molecule has 0 N–H and O–H groups in total. The van der Waals surface area contributed by atoms with Crippen molar-refractivity contribution in [3.05, 3.63) is 121 Å². The zero-order valence-electron chi connectivity index (χ0n) is 19.1. The van der Waals surface area contributed by atoms with Gasteiger partial charge in [-0.1, -0.05) is 47.7 Å². The normalized spacial score (nSPS) is 16.8. The number of fused-ring (bicyclic) bond motifs is 3. The monoisotopic (exact) mass is 720 g/mol. The summed E-state index contributed by atoms with van der Waals surface area (Å²) in [6, 6.07) is 18.5. The van der Waals surface area contributed by atoms with Crippen LogP contribution < -0.4 is 19.6 Å². The van der Waals surface area contributed by atoms with Crippen LogP contribution >= 0.6 is 56.5 Å². The van der Waals surface area contributed by atoms with E-state index in [1.165, 1.54) is 29.0 Å². The molecule has 4 aromatic rings. The van der Waals surface area contributed by atoms with Crippen molar-refractivity contribution in [2.75, 3.05) is 7.11 Å². The average molecular weight is 720 g/mol. The molecule has 1 aliphatic carbocycles. The number of ether oxygens (including phenoxy) is 1. The predicted molar refractivity (Wildman–Crippen MR) is 158 cm³/mol. The number of benzene rings is 3. The SMILES string of the molecule is COc1c(I)cc(/C=c2/sc3n(c2=O)[C@H](c2ccc(F)cc2)C2=C(N=3)c3ccccc3CC2)cc1I. The van der Waals surface area contributed by atoms with E-state index >= 15 is 0 Å². The Bertz CT molecular complexity index is 1720. The Morgan fingerprint density at radius 3 is 2.53 bits per heavy atom. The van der Waals surface area contributed by atoms with Gasteiger partial charge in [-0.05, 0) is 111 Å². The number of halogens is 3. The molecule has 180 valence electrons. The highest BCUT2D eigenvalue weighted by Gasteiger charge is 2.32. The molecule has 36 heavy (non-hydrogen) atoms. The largest absolute Gasteiger partial charge is 0.495 e. The number of aromatic nitrogens is 1. The summed E-state index contributed by atoms with van der Waals surface area (Å²) in [5.74, 6) is 0.538. The van der Waals surface area contributed by atoms with Crippen molar-refractivity contribution in [2.24, 2.45) is 4.99 Å². The van der Waals surface area contributed by atoms with Crippen LogP contribution in [0.5, 0.6) is 5.75 Å². The summed E-state index contributed by atoms with van der Waals surface area (Å²) in [5, 5.41) is 0. The summed E-state index contributed by atoms with van der Waals surface area (Å²) in [6.45, 7) is 0. The lowest BCUT2D eigenvalue weighted by atomic mass is 9.83. The van der Waals surface area contributed by atoms with E-state index in [4.69, 9.17) is 9.73 Å². The fraction of sp³-hybridized carbons (Fsp3) is 0.143. The number of rotatable bonds is 3. The van der Waals surface area contributed by atoms with Gasteiger partial charge in [-0.2, -0.15) is 0 Å². The van der Waals surface area contributed by atoms with E-state index in [1.807, 2.05) is 24.3 Å². The highest BCUT2D eigenvalue weighted by molar-refractivity contribution is 14.1. The highest BCUT2D eigenvalue weighted by Crippen LogP contribution is 2.41. The van der Waals surface area contributed by atoms with Gasteiger partial charge in [-0.25, -0.2) is 9.38 Å². The van der Waals surface area contributed by atoms with Crippen LogP contribution in [0.4, 0.5) is 4.39 Å². The first-order chi connectivity index (χ1) is 17.4. The first kappa shape index (κ1) is 24.1. The van der Waals surface area contributed by atoms with E-state index in [9.17, 15) is 9.18 Å². The molecule has 0 spiro atoms. The quantitative estimate of drug-likeness (QED) is 0.256. The van der Waals surface area contributed by atoms with E-state index < -0.39 is 0 Å². The second-order valence-electron chi connectivity index (χ2n) is 8.68. The van der Waals surface area contributed by atoms with Crippen molar-refractivity contribution in [1.29, 1.82) is 0 Å². The van der Waals surface area contributed by atoms with Crippen LogP contribution in [0.2, 0.25) is 0 Å². The molecule has 1 aliphatic heterocycles. The van der Waals surface area contributed by atoms with Crippen molar-refractivity contribution < 1.29 is 9.13 Å². The van der Waals surface area contributed by atoms with Crippen LogP contribution in [-0.2, 0) is 6.42 Å². The minimum atomic E-state index is -0.316. The van der Waals surface area contributed by atoms with Crippen molar-refractivity contribution in [3.8, 4) is 5.75 Å². The number of nitrogens with zero attached hydrogens (tertiary/aromatic N) is 2. The Balaban J connectivity index is 1.60. The Kier molecular flexibility index (Phi) is 6.37. The van der Waals surface area contributed by atoms with Crippen molar-refractivity contribution in [2.45, 2.75) is 18.9 Å². The predicted octanol–water partition coefficient (Wildman–Crippen LogP) is 5.68. The fourth-order valence-electron chi connectivity index (χ4n) is 4.98. The summed E-state index contributed by atoms with van der Waals surface area (Å²) in [4.78, 5) is 19.5. The summed E-state index contributed by atoms with van der Waals surface area (Å²) in [6.07, 6.45) is 3.61. The third-order valence-electron chi connectivity index (χ3n) is 6.58. The Labute approximate surface area is 238 Å². The van der Waals surface area contributed by atoms with Gasteiger partial charge in [0.15, 0.2) is 4.80 Å².